The number of aliphatic hydroxyl groups excluding tert-OH is 2. The second-order valence-corrected chi connectivity index (χ2v) is 10.8. The van der Waals surface area contributed by atoms with Crippen LogP contribution in [0.2, 0.25) is 0 Å². The molecule has 1 aromatic heterocycles. The Morgan fingerprint density at radius 2 is 1.81 bits per heavy atom. The molecule has 0 amide bonds. The molecule has 2 saturated carbocycles. The van der Waals surface area contributed by atoms with Crippen LogP contribution in [0.5, 0.6) is 0 Å². The molecule has 2 heterocycles. The van der Waals surface area contributed by atoms with Crippen molar-refractivity contribution in [1.29, 1.82) is 0 Å². The van der Waals surface area contributed by atoms with Gasteiger partial charge in [0.25, 0.3) is 0 Å². The number of para-hydroxylation sites is 2. The quantitative estimate of drug-likeness (QED) is 0.744. The molecule has 170 valence electrons. The van der Waals surface area contributed by atoms with Gasteiger partial charge in [-0.15, -0.1) is 0 Å². The minimum atomic E-state index is -0.927. The molecule has 4 atom stereocenters. The molecule has 5 rings (SSSR count). The molecule has 2 N–H and O–H groups in total. The summed E-state index contributed by atoms with van der Waals surface area (Å²) in [6.07, 6.45) is 5.32. The summed E-state index contributed by atoms with van der Waals surface area (Å²) < 4.78 is 3.57. The lowest BCUT2D eigenvalue weighted by molar-refractivity contribution is 0.0643. The van der Waals surface area contributed by atoms with E-state index in [-0.39, 0.29) is 24.9 Å². The van der Waals surface area contributed by atoms with Gasteiger partial charge in [0, 0.05) is 25.7 Å². The zero-order valence-corrected chi connectivity index (χ0v) is 18.9. The minimum Gasteiger partial charge on any atom is -0.394 e. The van der Waals surface area contributed by atoms with E-state index in [2.05, 4.69) is 18.7 Å². The maximum absolute atomic E-state index is 13.3. The van der Waals surface area contributed by atoms with Crippen molar-refractivity contribution in [3.05, 3.63) is 34.7 Å². The predicted molar refractivity (Wildman–Crippen MR) is 122 cm³/mol. The molecular weight excluding hydrogens is 390 g/mol. The van der Waals surface area contributed by atoms with Crippen molar-refractivity contribution >= 4 is 11.0 Å². The number of nitrogens with zero attached hydrogens (tertiary/aromatic N) is 3. The number of benzene rings is 1. The maximum atomic E-state index is 13.3. The summed E-state index contributed by atoms with van der Waals surface area (Å²) >= 11 is 0. The fourth-order valence-electron chi connectivity index (χ4n) is 7.02. The average Bonchev–Trinajstić information content (AvgIpc) is 3.42. The molecule has 2 aliphatic carbocycles. The highest BCUT2D eigenvalue weighted by molar-refractivity contribution is 5.76. The molecule has 2 bridgehead atoms. The summed E-state index contributed by atoms with van der Waals surface area (Å²) in [6, 6.07) is 8.02. The van der Waals surface area contributed by atoms with E-state index in [0.29, 0.717) is 5.41 Å². The first kappa shape index (κ1) is 21.2. The van der Waals surface area contributed by atoms with Gasteiger partial charge in [-0.2, -0.15) is 0 Å². The largest absolute Gasteiger partial charge is 0.394 e. The monoisotopic (exact) mass is 427 g/mol. The molecule has 1 aromatic carbocycles. The predicted octanol–water partition coefficient (Wildman–Crippen LogP) is 2.87. The van der Waals surface area contributed by atoms with Crippen LogP contribution < -0.4 is 5.69 Å². The highest BCUT2D eigenvalue weighted by atomic mass is 16.3. The second kappa shape index (κ2) is 8.05. The van der Waals surface area contributed by atoms with Crippen LogP contribution in [0.15, 0.2) is 29.1 Å². The number of likely N-dealkylation sites (tertiary alicyclic amines) is 1. The van der Waals surface area contributed by atoms with E-state index in [1.165, 1.54) is 25.8 Å². The average molecular weight is 428 g/mol. The Morgan fingerprint density at radius 3 is 2.45 bits per heavy atom. The lowest BCUT2D eigenvalue weighted by Crippen LogP contribution is -2.44. The SMILES string of the molecule is CC1(C)[C@@H]2CC[C@@H](C2)[C@H]1CN1CCC(n2c(=O)n(C[C@@H](O)CO)c3ccccc32)CC1. The van der Waals surface area contributed by atoms with Gasteiger partial charge in [-0.05, 0) is 67.4 Å². The van der Waals surface area contributed by atoms with E-state index in [1.807, 2.05) is 28.8 Å². The van der Waals surface area contributed by atoms with Crippen LogP contribution in [0.25, 0.3) is 11.0 Å². The van der Waals surface area contributed by atoms with Gasteiger partial charge < -0.3 is 15.1 Å². The number of piperidine rings is 1. The van der Waals surface area contributed by atoms with Crippen molar-refractivity contribution in [2.75, 3.05) is 26.2 Å². The Kier molecular flexibility index (Phi) is 5.51. The number of aromatic nitrogens is 2. The fraction of sp³-hybridized carbons (Fsp3) is 0.720. The molecule has 1 aliphatic heterocycles. The standard InChI is InChI=1S/C25H37N3O3/c1-25(2)18-8-7-17(13-18)21(25)15-26-11-9-19(10-12-26)28-23-6-4-3-5-22(23)27(24(28)31)14-20(30)16-29/h3-6,17-21,29-30H,7-16H2,1-2H3/t17-,18+,20+,21+/m0/s1. The van der Waals surface area contributed by atoms with Crippen LogP contribution in [0.1, 0.15) is 52.0 Å². The van der Waals surface area contributed by atoms with Crippen LogP contribution in [-0.2, 0) is 6.54 Å². The van der Waals surface area contributed by atoms with Gasteiger partial charge in [0.15, 0.2) is 0 Å². The number of rotatable bonds is 6. The molecule has 31 heavy (non-hydrogen) atoms. The zero-order valence-electron chi connectivity index (χ0n) is 18.9. The molecule has 0 spiro atoms. The highest BCUT2D eigenvalue weighted by Gasteiger charge is 2.52. The number of fused-ring (bicyclic) bond motifs is 3. The van der Waals surface area contributed by atoms with Gasteiger partial charge >= 0.3 is 5.69 Å². The van der Waals surface area contributed by atoms with Gasteiger partial charge in [0.05, 0.1) is 30.3 Å². The van der Waals surface area contributed by atoms with E-state index < -0.39 is 6.10 Å². The number of aliphatic hydroxyl groups is 2. The Labute approximate surface area is 184 Å². The number of hydrogen-bond acceptors (Lipinski definition) is 4. The molecule has 6 nitrogen and oxygen atoms in total. The van der Waals surface area contributed by atoms with Gasteiger partial charge in [-0.1, -0.05) is 26.0 Å². The van der Waals surface area contributed by atoms with Gasteiger partial charge in [-0.25, -0.2) is 4.79 Å². The zero-order chi connectivity index (χ0) is 21.8. The minimum absolute atomic E-state index is 0.0682. The second-order valence-electron chi connectivity index (χ2n) is 10.8. The van der Waals surface area contributed by atoms with Crippen LogP contribution in [0.4, 0.5) is 0 Å². The van der Waals surface area contributed by atoms with E-state index in [9.17, 15) is 15.0 Å². The summed E-state index contributed by atoms with van der Waals surface area (Å²) in [5.41, 5.74) is 2.18. The van der Waals surface area contributed by atoms with Crippen molar-refractivity contribution in [2.24, 2.45) is 23.2 Å². The Morgan fingerprint density at radius 1 is 1.10 bits per heavy atom. The smallest absolute Gasteiger partial charge is 0.329 e. The first-order valence-electron chi connectivity index (χ1n) is 12.1. The van der Waals surface area contributed by atoms with Crippen LogP contribution in [0, 0.1) is 23.2 Å². The molecule has 0 radical (unpaired) electrons. The first-order valence-corrected chi connectivity index (χ1v) is 12.1. The molecule has 0 unspecified atom stereocenters. The van der Waals surface area contributed by atoms with E-state index in [4.69, 9.17) is 0 Å². The molecular formula is C25H37N3O3. The lowest BCUT2D eigenvalue weighted by atomic mass is 9.68. The molecule has 1 saturated heterocycles. The molecule has 2 aromatic rings. The summed E-state index contributed by atoms with van der Waals surface area (Å²) in [7, 11) is 0. The third-order valence-electron chi connectivity index (χ3n) is 8.90. The van der Waals surface area contributed by atoms with Gasteiger partial charge in [0.1, 0.15) is 0 Å². The van der Waals surface area contributed by atoms with Crippen molar-refractivity contribution in [1.82, 2.24) is 14.0 Å². The fourth-order valence-corrected chi connectivity index (χ4v) is 7.02. The molecule has 3 fully saturated rings. The van der Waals surface area contributed by atoms with E-state index in [1.54, 1.807) is 4.57 Å². The number of imidazole rings is 1. The lowest BCUT2D eigenvalue weighted by Gasteiger charge is -2.42. The Hall–Kier alpha value is -1.63. The Balaban J connectivity index is 1.32. The summed E-state index contributed by atoms with van der Waals surface area (Å²) in [5.74, 6) is 2.64. The van der Waals surface area contributed by atoms with Crippen molar-refractivity contribution in [2.45, 2.75) is 64.6 Å². The normalized spacial score (nSPS) is 29.7. The maximum Gasteiger partial charge on any atom is 0.329 e. The van der Waals surface area contributed by atoms with Gasteiger partial charge in [-0.3, -0.25) is 9.13 Å². The Bertz CT molecular complexity index is 986. The first-order chi connectivity index (χ1) is 14.9. The summed E-state index contributed by atoms with van der Waals surface area (Å²) in [5, 5.41) is 19.2. The van der Waals surface area contributed by atoms with Crippen molar-refractivity contribution in [3.63, 3.8) is 0 Å². The third kappa shape index (κ3) is 3.57. The topological polar surface area (TPSA) is 70.6 Å². The van der Waals surface area contributed by atoms with Crippen LogP contribution in [-0.4, -0.2) is 56.6 Å². The van der Waals surface area contributed by atoms with Crippen LogP contribution >= 0.6 is 0 Å². The van der Waals surface area contributed by atoms with Crippen LogP contribution in [0.3, 0.4) is 0 Å². The summed E-state index contributed by atoms with van der Waals surface area (Å²) in [4.78, 5) is 15.9. The summed E-state index contributed by atoms with van der Waals surface area (Å²) in [6.45, 7) is 8.05. The van der Waals surface area contributed by atoms with Gasteiger partial charge in [0.2, 0.25) is 0 Å². The third-order valence-corrected chi connectivity index (χ3v) is 8.90. The van der Waals surface area contributed by atoms with Crippen molar-refractivity contribution < 1.29 is 10.2 Å². The molecule has 3 aliphatic rings. The van der Waals surface area contributed by atoms with E-state index >= 15 is 0 Å². The van der Waals surface area contributed by atoms with Crippen molar-refractivity contribution in [3.8, 4) is 0 Å². The molecule has 6 heteroatoms. The van der Waals surface area contributed by atoms with E-state index in [0.717, 1.165) is 54.7 Å². The number of hydrogen-bond donors (Lipinski definition) is 2. The highest BCUT2D eigenvalue weighted by Crippen LogP contribution is 2.59.